The number of amides is 1. The van der Waals surface area contributed by atoms with Gasteiger partial charge < -0.3 is 24.3 Å². The van der Waals surface area contributed by atoms with Gasteiger partial charge in [0.2, 0.25) is 0 Å². The quantitative estimate of drug-likeness (QED) is 0.519. The van der Waals surface area contributed by atoms with Crippen molar-refractivity contribution in [2.24, 2.45) is 5.92 Å². The average molecular weight is 552 g/mol. The highest BCUT2D eigenvalue weighted by Gasteiger charge is 2.59. The van der Waals surface area contributed by atoms with Gasteiger partial charge in [-0.3, -0.25) is 4.79 Å². The number of hydrogen-bond donors (Lipinski definition) is 1. The molecule has 0 fully saturated rings. The Labute approximate surface area is 227 Å². The Morgan fingerprint density at radius 2 is 1.90 bits per heavy atom. The number of carbonyl (C=O) groups excluding carboxylic acids is 2. The third-order valence-electron chi connectivity index (χ3n) is 7.42. The molecular formula is C29H29NO8S. The van der Waals surface area contributed by atoms with Crippen molar-refractivity contribution in [3.05, 3.63) is 93.6 Å². The fourth-order valence-electron chi connectivity index (χ4n) is 5.49. The van der Waals surface area contributed by atoms with Crippen molar-refractivity contribution in [3.8, 4) is 11.5 Å². The molecule has 3 aliphatic rings. The van der Waals surface area contributed by atoms with Crippen LogP contribution in [0, 0.1) is 12.8 Å². The maximum absolute atomic E-state index is 13.4. The first-order chi connectivity index (χ1) is 18.5. The molecule has 2 aromatic carbocycles. The predicted octanol–water partition coefficient (Wildman–Crippen LogP) is 3.57. The van der Waals surface area contributed by atoms with Crippen LogP contribution in [0.15, 0.2) is 65.8 Å². The summed E-state index contributed by atoms with van der Waals surface area (Å²) in [7, 11) is -0.289. The van der Waals surface area contributed by atoms with E-state index in [9.17, 15) is 18.0 Å². The average Bonchev–Trinajstić information content (AvgIpc) is 3.21. The Kier molecular flexibility index (Phi) is 6.54. The number of methoxy groups -OCH3 is 2. The topological polar surface area (TPSA) is 117 Å². The number of ether oxygens (including phenoxy) is 4. The lowest BCUT2D eigenvalue weighted by atomic mass is 9.69. The number of esters is 1. The van der Waals surface area contributed by atoms with Gasteiger partial charge in [-0.2, -0.15) is 0 Å². The van der Waals surface area contributed by atoms with Crippen LogP contribution in [0.5, 0.6) is 11.5 Å². The second kappa shape index (κ2) is 9.60. The maximum Gasteiger partial charge on any atom is 0.339 e. The van der Waals surface area contributed by atoms with Gasteiger partial charge in [-0.1, -0.05) is 18.7 Å². The van der Waals surface area contributed by atoms with Gasteiger partial charge in [0.05, 0.1) is 31.5 Å². The molecule has 2 heterocycles. The number of carbonyl (C=O) groups is 2. The Bertz CT molecular complexity index is 1570. The number of aryl methyl sites for hydroxylation is 1. The normalized spacial score (nSPS) is 22.8. The van der Waals surface area contributed by atoms with Crippen LogP contribution in [-0.2, 0) is 24.9 Å². The van der Waals surface area contributed by atoms with Gasteiger partial charge in [0, 0.05) is 34.7 Å². The fourth-order valence-corrected chi connectivity index (χ4v) is 6.05. The van der Waals surface area contributed by atoms with Crippen molar-refractivity contribution >= 4 is 21.7 Å². The number of fused-ring (bicyclic) bond motifs is 6. The second-order valence-corrected chi connectivity index (χ2v) is 11.8. The van der Waals surface area contributed by atoms with Crippen molar-refractivity contribution in [3.63, 3.8) is 0 Å². The first kappa shape index (κ1) is 26.6. The van der Waals surface area contributed by atoms with E-state index in [1.807, 2.05) is 32.1 Å². The van der Waals surface area contributed by atoms with Crippen LogP contribution in [0.4, 0.5) is 0 Å². The maximum atomic E-state index is 13.4. The second-order valence-electron chi connectivity index (χ2n) is 9.69. The van der Waals surface area contributed by atoms with Gasteiger partial charge in [0.1, 0.15) is 23.4 Å². The lowest BCUT2D eigenvalue weighted by molar-refractivity contribution is -0.0430. The van der Waals surface area contributed by atoms with Crippen molar-refractivity contribution in [2.45, 2.75) is 25.6 Å². The molecular weight excluding hydrogens is 522 g/mol. The molecule has 3 atom stereocenters. The van der Waals surface area contributed by atoms with E-state index < -0.39 is 39.3 Å². The van der Waals surface area contributed by atoms with Crippen molar-refractivity contribution in [1.82, 2.24) is 5.32 Å². The first-order valence-electron chi connectivity index (χ1n) is 12.4. The van der Waals surface area contributed by atoms with Gasteiger partial charge in [0.15, 0.2) is 15.4 Å². The summed E-state index contributed by atoms with van der Waals surface area (Å²) in [5.74, 6) is 0.0675. The highest BCUT2D eigenvalue weighted by molar-refractivity contribution is 7.94. The van der Waals surface area contributed by atoms with E-state index in [-0.39, 0.29) is 23.4 Å². The molecule has 10 heteroatoms. The van der Waals surface area contributed by atoms with Crippen LogP contribution in [0.25, 0.3) is 0 Å². The minimum atomic E-state index is -3.46. The van der Waals surface area contributed by atoms with Crippen molar-refractivity contribution in [1.29, 1.82) is 0 Å². The Morgan fingerprint density at radius 1 is 1.13 bits per heavy atom. The number of sulfone groups is 1. The van der Waals surface area contributed by atoms with E-state index in [1.165, 1.54) is 6.07 Å². The minimum absolute atomic E-state index is 0.0908. The molecule has 1 aliphatic carbocycles. The number of benzene rings is 2. The summed E-state index contributed by atoms with van der Waals surface area (Å²) in [5, 5.41) is 3.44. The number of rotatable bonds is 7. The zero-order valence-corrected chi connectivity index (χ0v) is 22.9. The molecule has 39 heavy (non-hydrogen) atoms. The molecule has 1 amide bonds. The monoisotopic (exact) mass is 551 g/mol. The van der Waals surface area contributed by atoms with Crippen LogP contribution in [0.2, 0.25) is 0 Å². The summed E-state index contributed by atoms with van der Waals surface area (Å²) < 4.78 is 47.1. The molecule has 3 unspecified atom stereocenters. The Hall–Kier alpha value is -4.05. The van der Waals surface area contributed by atoms with Crippen LogP contribution >= 0.6 is 0 Å². The fraction of sp³-hybridized carbons (Fsp3) is 0.310. The highest BCUT2D eigenvalue weighted by Crippen LogP contribution is 2.57. The lowest BCUT2D eigenvalue weighted by Crippen LogP contribution is -2.49. The molecule has 0 saturated carbocycles. The standard InChI is InChI=1S/C29H29NO8S/c1-6-39(33,34)10-9-30-27(31)18-7-8-20-19(13-18)28(32)38-29(20)21-11-16(2)23(35-4)14-25(21)37-26-15-24(36-5)17(3)12-22(26)29/h6-8,11-15,21,25H,1,9-10H2,2-5H3,(H,30,31). The predicted molar refractivity (Wildman–Crippen MR) is 143 cm³/mol. The molecule has 0 bridgehead atoms. The van der Waals surface area contributed by atoms with Crippen LogP contribution in [0.3, 0.4) is 0 Å². The number of hydrogen-bond acceptors (Lipinski definition) is 8. The molecule has 1 spiro atoms. The van der Waals surface area contributed by atoms with Gasteiger partial charge in [-0.05, 0) is 49.3 Å². The van der Waals surface area contributed by atoms with E-state index in [0.717, 1.165) is 16.5 Å². The summed E-state index contributed by atoms with van der Waals surface area (Å²) >= 11 is 0. The van der Waals surface area contributed by atoms with E-state index in [4.69, 9.17) is 18.9 Å². The van der Waals surface area contributed by atoms with Crippen molar-refractivity contribution in [2.75, 3.05) is 26.5 Å². The van der Waals surface area contributed by atoms with Crippen molar-refractivity contribution < 1.29 is 37.0 Å². The summed E-state index contributed by atoms with van der Waals surface area (Å²) in [6.45, 7) is 7.00. The smallest absolute Gasteiger partial charge is 0.339 e. The minimum Gasteiger partial charge on any atom is -0.497 e. The lowest BCUT2D eigenvalue weighted by Gasteiger charge is -2.45. The van der Waals surface area contributed by atoms with Gasteiger partial charge in [0.25, 0.3) is 5.91 Å². The van der Waals surface area contributed by atoms with Crippen LogP contribution in [-0.4, -0.2) is 52.9 Å². The highest BCUT2D eigenvalue weighted by atomic mass is 32.2. The molecule has 2 aromatic rings. The summed E-state index contributed by atoms with van der Waals surface area (Å²) in [6.07, 6.45) is 3.37. The third kappa shape index (κ3) is 4.28. The molecule has 9 nitrogen and oxygen atoms in total. The number of nitrogens with one attached hydrogen (secondary N) is 1. The van der Waals surface area contributed by atoms with E-state index in [0.29, 0.717) is 28.4 Å². The SMILES string of the molecule is C=CS(=O)(=O)CCNC(=O)c1ccc2c(c1)C(=O)OC21c2cc(C)c(OC)cc2OC2C=C(OC)C(C)=CC21. The summed E-state index contributed by atoms with van der Waals surface area (Å²) in [6, 6.07) is 8.52. The van der Waals surface area contributed by atoms with Crippen LogP contribution in [0.1, 0.15) is 44.3 Å². The molecule has 2 aliphatic heterocycles. The summed E-state index contributed by atoms with van der Waals surface area (Å²) in [4.78, 5) is 26.2. The third-order valence-corrected chi connectivity index (χ3v) is 8.70. The number of allylic oxidation sites excluding steroid dienone is 1. The Balaban J connectivity index is 1.61. The molecule has 5 rings (SSSR count). The summed E-state index contributed by atoms with van der Waals surface area (Å²) in [5.41, 5.74) is 2.27. The van der Waals surface area contributed by atoms with E-state index >= 15 is 0 Å². The zero-order valence-electron chi connectivity index (χ0n) is 22.1. The zero-order chi connectivity index (χ0) is 28.1. The Morgan fingerprint density at radius 3 is 2.59 bits per heavy atom. The molecule has 1 N–H and O–H groups in total. The van der Waals surface area contributed by atoms with Crippen LogP contribution < -0.4 is 14.8 Å². The van der Waals surface area contributed by atoms with Gasteiger partial charge in [-0.15, -0.1) is 0 Å². The largest absolute Gasteiger partial charge is 0.497 e. The molecule has 0 saturated heterocycles. The van der Waals surface area contributed by atoms with E-state index in [2.05, 4.69) is 11.9 Å². The molecule has 204 valence electrons. The van der Waals surface area contributed by atoms with Gasteiger partial charge in [-0.25, -0.2) is 13.2 Å². The van der Waals surface area contributed by atoms with E-state index in [1.54, 1.807) is 32.4 Å². The van der Waals surface area contributed by atoms with Gasteiger partial charge >= 0.3 is 5.97 Å². The first-order valence-corrected chi connectivity index (χ1v) is 14.1. The molecule has 0 radical (unpaired) electrons. The molecule has 0 aromatic heterocycles.